The van der Waals surface area contributed by atoms with E-state index >= 15 is 0 Å². The summed E-state index contributed by atoms with van der Waals surface area (Å²) in [6, 6.07) is 7.90. The molecule has 2 unspecified atom stereocenters. The molecule has 6 heteroatoms. The van der Waals surface area contributed by atoms with Gasteiger partial charge in [0.15, 0.2) is 0 Å². The number of hydrogen-bond donors (Lipinski definition) is 2. The van der Waals surface area contributed by atoms with Crippen molar-refractivity contribution in [2.24, 2.45) is 0 Å². The largest absolute Gasteiger partial charge is 0.480 e. The quantitative estimate of drug-likeness (QED) is 0.869. The molecule has 2 aromatic rings. The molecule has 3 rings (SSSR count). The Morgan fingerprint density at radius 1 is 1.58 bits per heavy atom. The predicted molar refractivity (Wildman–Crippen MR) is 92.8 cm³/mol. The van der Waals surface area contributed by atoms with Crippen molar-refractivity contribution in [1.29, 1.82) is 5.26 Å². The first-order chi connectivity index (χ1) is 11.6. The van der Waals surface area contributed by atoms with E-state index in [1.807, 2.05) is 31.3 Å². The van der Waals surface area contributed by atoms with Gasteiger partial charge >= 0.3 is 5.97 Å². The highest BCUT2D eigenvalue weighted by atomic mass is 32.2. The van der Waals surface area contributed by atoms with Crippen molar-refractivity contribution in [2.75, 3.05) is 0 Å². The Balaban J connectivity index is 2.15. The Labute approximate surface area is 145 Å². The lowest BCUT2D eigenvalue weighted by atomic mass is 9.79. The maximum atomic E-state index is 11.6. The van der Waals surface area contributed by atoms with Gasteiger partial charge in [-0.1, -0.05) is 13.0 Å². The van der Waals surface area contributed by atoms with E-state index in [-0.39, 0.29) is 0 Å². The molecule has 0 saturated carbocycles. The van der Waals surface area contributed by atoms with Crippen LogP contribution in [0.3, 0.4) is 0 Å². The van der Waals surface area contributed by atoms with E-state index in [2.05, 4.69) is 16.0 Å². The molecule has 1 aromatic heterocycles. The number of benzene rings is 1. The molecule has 24 heavy (non-hydrogen) atoms. The predicted octanol–water partition coefficient (Wildman–Crippen LogP) is 3.46. The first kappa shape index (κ1) is 16.6. The van der Waals surface area contributed by atoms with Gasteiger partial charge in [0.05, 0.1) is 28.4 Å². The molecule has 1 heterocycles. The summed E-state index contributed by atoms with van der Waals surface area (Å²) in [6.45, 7) is 1.90. The first-order valence-corrected chi connectivity index (χ1v) is 8.92. The SMILES string of the molecule is CCC(SC1(c2c[nH]cn2)CCCc2cc(C#N)ccc21)C(=O)O. The highest BCUT2D eigenvalue weighted by molar-refractivity contribution is 8.01. The van der Waals surface area contributed by atoms with Gasteiger partial charge in [0, 0.05) is 6.20 Å². The molecule has 0 fully saturated rings. The minimum Gasteiger partial charge on any atom is -0.480 e. The standard InChI is InChI=1S/C18H19N3O2S/c1-2-15(17(22)23)24-18(16-10-20-11-21-16)7-3-4-13-8-12(9-19)5-6-14(13)18/h5-6,8,10-11,15H,2-4,7H2,1H3,(H,20,21)(H,22,23). The second-order valence-corrected chi connectivity index (χ2v) is 7.47. The molecule has 2 atom stereocenters. The van der Waals surface area contributed by atoms with Gasteiger partial charge in [0.2, 0.25) is 0 Å². The average molecular weight is 341 g/mol. The second kappa shape index (κ2) is 6.70. The molecule has 124 valence electrons. The van der Waals surface area contributed by atoms with E-state index in [1.54, 1.807) is 6.33 Å². The normalized spacial score (nSPS) is 20.8. The van der Waals surface area contributed by atoms with E-state index in [1.165, 1.54) is 11.8 Å². The third-order valence-electron chi connectivity index (χ3n) is 4.55. The van der Waals surface area contributed by atoms with Crippen LogP contribution in [0.2, 0.25) is 0 Å². The molecule has 1 aliphatic carbocycles. The van der Waals surface area contributed by atoms with Gasteiger partial charge < -0.3 is 10.1 Å². The van der Waals surface area contributed by atoms with Crippen LogP contribution in [-0.2, 0) is 16.0 Å². The van der Waals surface area contributed by atoms with Crippen molar-refractivity contribution in [2.45, 2.75) is 42.6 Å². The third-order valence-corrected chi connectivity index (χ3v) is 6.40. The summed E-state index contributed by atoms with van der Waals surface area (Å²) in [6.07, 6.45) is 6.73. The molecule has 0 bridgehead atoms. The van der Waals surface area contributed by atoms with Crippen LogP contribution in [0.4, 0.5) is 0 Å². The van der Waals surface area contributed by atoms with Crippen LogP contribution < -0.4 is 0 Å². The fraction of sp³-hybridized carbons (Fsp3) is 0.389. The number of aromatic nitrogens is 2. The molecule has 1 aromatic carbocycles. The van der Waals surface area contributed by atoms with Crippen LogP contribution in [-0.4, -0.2) is 26.3 Å². The summed E-state index contributed by atoms with van der Waals surface area (Å²) in [5, 5.41) is 18.2. The number of imidazole rings is 1. The van der Waals surface area contributed by atoms with Gasteiger partial charge in [0.25, 0.3) is 0 Å². The smallest absolute Gasteiger partial charge is 0.316 e. The van der Waals surface area contributed by atoms with E-state index in [0.29, 0.717) is 12.0 Å². The Bertz CT molecular complexity index is 782. The number of thioether (sulfide) groups is 1. The minimum atomic E-state index is -0.793. The number of nitrogens with zero attached hydrogens (tertiary/aromatic N) is 2. The zero-order valence-electron chi connectivity index (χ0n) is 13.5. The molecular formula is C18H19N3O2S. The number of aryl methyl sites for hydroxylation is 1. The Morgan fingerprint density at radius 3 is 3.04 bits per heavy atom. The number of fused-ring (bicyclic) bond motifs is 1. The number of aromatic amines is 1. The van der Waals surface area contributed by atoms with Gasteiger partial charge in [-0.15, -0.1) is 11.8 Å². The molecule has 0 amide bonds. The van der Waals surface area contributed by atoms with E-state index in [4.69, 9.17) is 5.26 Å². The molecule has 0 aliphatic heterocycles. The molecule has 0 saturated heterocycles. The van der Waals surface area contributed by atoms with Crippen molar-refractivity contribution in [3.8, 4) is 6.07 Å². The number of carboxylic acid groups (broad SMARTS) is 1. The van der Waals surface area contributed by atoms with Crippen LogP contribution >= 0.6 is 11.8 Å². The molecule has 1 aliphatic rings. The highest BCUT2D eigenvalue weighted by Crippen LogP contribution is 2.52. The summed E-state index contributed by atoms with van der Waals surface area (Å²) in [5.74, 6) is -0.793. The topological polar surface area (TPSA) is 89.8 Å². The van der Waals surface area contributed by atoms with Crippen molar-refractivity contribution in [3.05, 3.63) is 53.1 Å². The monoisotopic (exact) mass is 341 g/mol. The Hall–Kier alpha value is -2.26. The number of carbonyl (C=O) groups is 1. The summed E-state index contributed by atoms with van der Waals surface area (Å²) < 4.78 is -0.485. The zero-order chi connectivity index (χ0) is 17.2. The summed E-state index contributed by atoms with van der Waals surface area (Å²) in [4.78, 5) is 19.1. The van der Waals surface area contributed by atoms with Crippen molar-refractivity contribution >= 4 is 17.7 Å². The van der Waals surface area contributed by atoms with Crippen LogP contribution in [0, 0.1) is 11.3 Å². The first-order valence-electron chi connectivity index (χ1n) is 8.04. The van der Waals surface area contributed by atoms with Crippen LogP contribution in [0.15, 0.2) is 30.7 Å². The van der Waals surface area contributed by atoms with Crippen molar-refractivity contribution in [3.63, 3.8) is 0 Å². The van der Waals surface area contributed by atoms with Gasteiger partial charge in [-0.3, -0.25) is 4.79 Å². The summed E-state index contributed by atoms with van der Waals surface area (Å²) >= 11 is 1.47. The molecular weight excluding hydrogens is 322 g/mol. The third kappa shape index (κ3) is 2.80. The molecule has 5 nitrogen and oxygen atoms in total. The maximum Gasteiger partial charge on any atom is 0.316 e. The Kier molecular flexibility index (Phi) is 4.63. The average Bonchev–Trinajstić information content (AvgIpc) is 3.14. The Morgan fingerprint density at radius 2 is 2.42 bits per heavy atom. The fourth-order valence-electron chi connectivity index (χ4n) is 3.41. The van der Waals surface area contributed by atoms with Crippen molar-refractivity contribution < 1.29 is 9.90 Å². The molecule has 0 radical (unpaired) electrons. The van der Waals surface area contributed by atoms with Crippen LogP contribution in [0.1, 0.15) is 48.6 Å². The highest BCUT2D eigenvalue weighted by Gasteiger charge is 2.43. The van der Waals surface area contributed by atoms with Gasteiger partial charge in [0.1, 0.15) is 5.25 Å². The number of rotatable bonds is 5. The van der Waals surface area contributed by atoms with Gasteiger partial charge in [-0.25, -0.2) is 4.98 Å². The lowest BCUT2D eigenvalue weighted by molar-refractivity contribution is -0.136. The number of nitriles is 1. The number of carboxylic acids is 1. The summed E-state index contributed by atoms with van der Waals surface area (Å²) in [5.41, 5.74) is 3.71. The maximum absolute atomic E-state index is 11.6. The second-order valence-electron chi connectivity index (χ2n) is 5.97. The molecule has 2 N–H and O–H groups in total. The molecule has 0 spiro atoms. The summed E-state index contributed by atoms with van der Waals surface area (Å²) in [7, 11) is 0. The van der Waals surface area contributed by atoms with E-state index in [9.17, 15) is 9.90 Å². The van der Waals surface area contributed by atoms with Gasteiger partial charge in [-0.05, 0) is 48.9 Å². The number of aliphatic carboxylic acids is 1. The van der Waals surface area contributed by atoms with E-state index in [0.717, 1.165) is 36.1 Å². The minimum absolute atomic E-state index is 0.485. The van der Waals surface area contributed by atoms with Gasteiger partial charge in [-0.2, -0.15) is 5.26 Å². The number of hydrogen-bond acceptors (Lipinski definition) is 4. The zero-order valence-corrected chi connectivity index (χ0v) is 14.3. The van der Waals surface area contributed by atoms with Crippen LogP contribution in [0.5, 0.6) is 0 Å². The number of nitrogens with one attached hydrogen (secondary N) is 1. The van der Waals surface area contributed by atoms with Crippen molar-refractivity contribution in [1.82, 2.24) is 9.97 Å². The van der Waals surface area contributed by atoms with E-state index < -0.39 is 16.0 Å². The lowest BCUT2D eigenvalue weighted by Gasteiger charge is -2.39. The lowest BCUT2D eigenvalue weighted by Crippen LogP contribution is -2.33. The fourth-order valence-corrected chi connectivity index (χ4v) is 4.98. The number of H-pyrrole nitrogens is 1. The van der Waals surface area contributed by atoms with Crippen LogP contribution in [0.25, 0.3) is 0 Å².